The molecule has 0 bridgehead atoms. The maximum Gasteiger partial charge on any atom is 0.290 e. The fourth-order valence-electron chi connectivity index (χ4n) is 3.32. The summed E-state index contributed by atoms with van der Waals surface area (Å²) in [7, 11) is -3.30. The second kappa shape index (κ2) is 6.57. The fourth-order valence-corrected chi connectivity index (χ4v) is 4.13. The number of hydrogen-bond donors (Lipinski definition) is 1. The molecule has 1 amide bonds. The average molecular weight is 350 g/mol. The summed E-state index contributed by atoms with van der Waals surface area (Å²) in [6, 6.07) is 7.11. The summed E-state index contributed by atoms with van der Waals surface area (Å²) in [5.74, 6) is -0.353. The Kier molecular flexibility index (Phi) is 4.64. The normalized spacial score (nSPS) is 18.9. The first-order chi connectivity index (χ1) is 11.4. The molecule has 24 heavy (non-hydrogen) atoms. The molecular weight excluding hydrogens is 328 g/mol. The molecule has 1 saturated heterocycles. The fraction of sp³-hybridized carbons (Fsp3) is 0.471. The lowest BCUT2D eigenvalue weighted by Gasteiger charge is -2.34. The van der Waals surface area contributed by atoms with Gasteiger partial charge in [-0.15, -0.1) is 0 Å². The molecule has 130 valence electrons. The molecule has 2 N–H and O–H groups in total. The lowest BCUT2D eigenvalue weighted by Crippen LogP contribution is -2.47. The predicted molar refractivity (Wildman–Crippen MR) is 92.5 cm³/mol. The van der Waals surface area contributed by atoms with Crippen LogP contribution in [-0.2, 0) is 15.6 Å². The molecular formula is C17H22N2O4S. The van der Waals surface area contributed by atoms with Crippen molar-refractivity contribution < 1.29 is 17.6 Å². The van der Waals surface area contributed by atoms with Crippen molar-refractivity contribution in [2.45, 2.75) is 31.1 Å². The van der Waals surface area contributed by atoms with Gasteiger partial charge >= 0.3 is 0 Å². The van der Waals surface area contributed by atoms with E-state index in [-0.39, 0.29) is 23.5 Å². The van der Waals surface area contributed by atoms with Crippen LogP contribution in [0.5, 0.6) is 0 Å². The Bertz CT molecular complexity index is 857. The van der Waals surface area contributed by atoms with Crippen molar-refractivity contribution >= 4 is 26.7 Å². The first-order valence-corrected chi connectivity index (χ1v) is 10.2. The van der Waals surface area contributed by atoms with Crippen LogP contribution in [-0.4, -0.2) is 44.6 Å². The van der Waals surface area contributed by atoms with Crippen molar-refractivity contribution in [3.05, 3.63) is 35.6 Å². The number of likely N-dealkylation sites (tertiary alicyclic amines) is 1. The summed E-state index contributed by atoms with van der Waals surface area (Å²) in [5, 5.41) is 0.674. The summed E-state index contributed by atoms with van der Waals surface area (Å²) < 4.78 is 29.4. The average Bonchev–Trinajstić information content (AvgIpc) is 2.91. The molecule has 3 rings (SSSR count). The zero-order valence-corrected chi connectivity index (χ0v) is 14.5. The van der Waals surface area contributed by atoms with Crippen molar-refractivity contribution in [1.29, 1.82) is 0 Å². The van der Waals surface area contributed by atoms with E-state index in [1.54, 1.807) is 23.1 Å². The van der Waals surface area contributed by atoms with E-state index in [4.69, 9.17) is 10.2 Å². The number of furan rings is 1. The number of hydrogen-bond acceptors (Lipinski definition) is 5. The highest BCUT2D eigenvalue weighted by molar-refractivity contribution is 7.89. The molecule has 1 aromatic carbocycles. The zero-order chi connectivity index (χ0) is 17.3. The van der Waals surface area contributed by atoms with E-state index in [9.17, 15) is 13.2 Å². The summed E-state index contributed by atoms with van der Waals surface area (Å²) in [6.45, 7) is 1.02. The van der Waals surface area contributed by atoms with Crippen LogP contribution in [0.3, 0.4) is 0 Å². The standard InChI is InChI=1S/C17H22N2O4S/c1-24(21,22)11-14-13-7-2-3-8-15(13)23-16(14)17(20)19-9-5-4-6-12(19)10-18/h2-3,7-8,12H,4-6,9-11,18H2,1H3/t12-/m1/s1. The molecule has 1 aliphatic heterocycles. The van der Waals surface area contributed by atoms with E-state index in [0.29, 0.717) is 29.6 Å². The number of amides is 1. The predicted octanol–water partition coefficient (Wildman–Crippen LogP) is 1.93. The van der Waals surface area contributed by atoms with Crippen molar-refractivity contribution in [2.75, 3.05) is 19.3 Å². The van der Waals surface area contributed by atoms with Crippen LogP contribution < -0.4 is 5.73 Å². The smallest absolute Gasteiger partial charge is 0.290 e. The second-order valence-electron chi connectivity index (χ2n) is 6.36. The monoisotopic (exact) mass is 350 g/mol. The number of carbonyl (C=O) groups is 1. The molecule has 0 unspecified atom stereocenters. The molecule has 7 heteroatoms. The van der Waals surface area contributed by atoms with E-state index in [0.717, 1.165) is 25.5 Å². The first kappa shape index (κ1) is 17.0. The third kappa shape index (κ3) is 3.32. The van der Waals surface area contributed by atoms with E-state index < -0.39 is 9.84 Å². The van der Waals surface area contributed by atoms with Gasteiger partial charge in [0.2, 0.25) is 0 Å². The number of piperidine rings is 1. The Hall–Kier alpha value is -1.86. The summed E-state index contributed by atoms with van der Waals surface area (Å²) in [4.78, 5) is 14.8. The maximum absolute atomic E-state index is 13.0. The minimum absolute atomic E-state index is 0.0226. The van der Waals surface area contributed by atoms with Gasteiger partial charge in [-0.05, 0) is 25.3 Å². The number of para-hydroxylation sites is 1. The van der Waals surface area contributed by atoms with Gasteiger partial charge in [0.05, 0.1) is 5.75 Å². The van der Waals surface area contributed by atoms with Gasteiger partial charge in [0.25, 0.3) is 5.91 Å². The Morgan fingerprint density at radius 2 is 2.08 bits per heavy atom. The van der Waals surface area contributed by atoms with E-state index >= 15 is 0 Å². The van der Waals surface area contributed by atoms with Crippen LogP contribution in [0.15, 0.2) is 28.7 Å². The molecule has 2 heterocycles. The number of rotatable bonds is 4. The van der Waals surface area contributed by atoms with E-state index in [1.807, 2.05) is 6.07 Å². The SMILES string of the molecule is CS(=O)(=O)Cc1c(C(=O)N2CCCC[C@@H]2CN)oc2ccccc12. The molecule has 0 radical (unpaired) electrons. The minimum Gasteiger partial charge on any atom is -0.451 e. The number of sulfone groups is 1. The van der Waals surface area contributed by atoms with Gasteiger partial charge in [-0.3, -0.25) is 4.79 Å². The third-order valence-electron chi connectivity index (χ3n) is 4.46. The lowest BCUT2D eigenvalue weighted by molar-refractivity contribution is 0.0592. The maximum atomic E-state index is 13.0. The first-order valence-electron chi connectivity index (χ1n) is 8.10. The van der Waals surface area contributed by atoms with Crippen LogP contribution in [0.1, 0.15) is 35.4 Å². The molecule has 0 saturated carbocycles. The number of nitrogens with two attached hydrogens (primary N) is 1. The third-order valence-corrected chi connectivity index (χ3v) is 5.27. The van der Waals surface area contributed by atoms with Gasteiger partial charge in [-0.25, -0.2) is 8.42 Å². The quantitative estimate of drug-likeness (QED) is 0.909. The van der Waals surface area contributed by atoms with Crippen LogP contribution in [0.4, 0.5) is 0 Å². The largest absolute Gasteiger partial charge is 0.451 e. The van der Waals surface area contributed by atoms with Crippen LogP contribution in [0.2, 0.25) is 0 Å². The van der Waals surface area contributed by atoms with Gasteiger partial charge < -0.3 is 15.1 Å². The molecule has 0 aliphatic carbocycles. The van der Waals surface area contributed by atoms with Gasteiger partial charge in [0.15, 0.2) is 15.6 Å². The number of fused-ring (bicyclic) bond motifs is 1. The van der Waals surface area contributed by atoms with Crippen molar-refractivity contribution in [2.24, 2.45) is 5.73 Å². The summed E-state index contributed by atoms with van der Waals surface area (Å²) in [5.41, 5.74) is 6.78. The molecule has 2 aromatic rings. The number of benzene rings is 1. The summed E-state index contributed by atoms with van der Waals surface area (Å²) >= 11 is 0. The molecule has 1 atom stereocenters. The van der Waals surface area contributed by atoms with Crippen molar-refractivity contribution in [1.82, 2.24) is 4.90 Å². The van der Waals surface area contributed by atoms with E-state index in [1.165, 1.54) is 0 Å². The van der Waals surface area contributed by atoms with Crippen molar-refractivity contribution in [3.63, 3.8) is 0 Å². The van der Waals surface area contributed by atoms with Gasteiger partial charge in [-0.2, -0.15) is 0 Å². The molecule has 0 spiro atoms. The second-order valence-corrected chi connectivity index (χ2v) is 8.50. The summed E-state index contributed by atoms with van der Waals surface area (Å²) in [6.07, 6.45) is 3.99. The lowest BCUT2D eigenvalue weighted by atomic mass is 10.0. The van der Waals surface area contributed by atoms with Gasteiger partial charge in [-0.1, -0.05) is 18.2 Å². The van der Waals surface area contributed by atoms with Gasteiger partial charge in [0, 0.05) is 36.3 Å². The highest BCUT2D eigenvalue weighted by Crippen LogP contribution is 2.30. The van der Waals surface area contributed by atoms with Gasteiger partial charge in [0.1, 0.15) is 5.58 Å². The van der Waals surface area contributed by atoms with Crippen LogP contribution in [0, 0.1) is 0 Å². The molecule has 1 aliphatic rings. The highest BCUT2D eigenvalue weighted by atomic mass is 32.2. The Morgan fingerprint density at radius 1 is 1.33 bits per heavy atom. The van der Waals surface area contributed by atoms with Crippen LogP contribution in [0.25, 0.3) is 11.0 Å². The van der Waals surface area contributed by atoms with Crippen LogP contribution >= 0.6 is 0 Å². The topological polar surface area (TPSA) is 93.6 Å². The molecule has 1 fully saturated rings. The Labute approximate surface area is 141 Å². The minimum atomic E-state index is -3.30. The molecule has 1 aromatic heterocycles. The number of nitrogens with zero attached hydrogens (tertiary/aromatic N) is 1. The van der Waals surface area contributed by atoms with Crippen molar-refractivity contribution in [3.8, 4) is 0 Å². The van der Waals surface area contributed by atoms with E-state index in [2.05, 4.69) is 0 Å². The Morgan fingerprint density at radius 3 is 2.79 bits per heavy atom. The zero-order valence-electron chi connectivity index (χ0n) is 13.7. The Balaban J connectivity index is 2.07. The highest BCUT2D eigenvalue weighted by Gasteiger charge is 2.31. The number of carbonyl (C=O) groups excluding carboxylic acids is 1. The molecule has 6 nitrogen and oxygen atoms in total.